The maximum atomic E-state index is 13.2. The van der Waals surface area contributed by atoms with Gasteiger partial charge in [-0.25, -0.2) is 4.39 Å². The lowest BCUT2D eigenvalue weighted by Crippen LogP contribution is -2.24. The molecule has 0 saturated carbocycles. The minimum atomic E-state index is -0.189. The van der Waals surface area contributed by atoms with Crippen molar-refractivity contribution in [2.45, 2.75) is 19.9 Å². The number of nitrogens with one attached hydrogen (secondary N) is 2. The molecule has 0 spiro atoms. The van der Waals surface area contributed by atoms with Crippen LogP contribution >= 0.6 is 0 Å². The van der Waals surface area contributed by atoms with E-state index in [-0.39, 0.29) is 11.7 Å². The fraction of sp³-hybridized carbons (Fsp3) is 0.417. The summed E-state index contributed by atoms with van der Waals surface area (Å²) in [7, 11) is 1.61. The Hall–Kier alpha value is -1.42. The van der Waals surface area contributed by atoms with Gasteiger partial charge in [0.25, 0.3) is 0 Å². The molecule has 88 valence electrons. The summed E-state index contributed by atoms with van der Waals surface area (Å²) in [6.07, 6.45) is 0.435. The van der Waals surface area contributed by atoms with Crippen LogP contribution in [0.3, 0.4) is 0 Å². The lowest BCUT2D eigenvalue weighted by molar-refractivity contribution is -0.120. The van der Waals surface area contributed by atoms with Gasteiger partial charge in [-0.3, -0.25) is 4.79 Å². The van der Waals surface area contributed by atoms with E-state index in [0.717, 1.165) is 5.56 Å². The molecule has 0 aromatic heterocycles. The van der Waals surface area contributed by atoms with Crippen LogP contribution in [0.15, 0.2) is 18.2 Å². The Morgan fingerprint density at radius 2 is 2.19 bits per heavy atom. The van der Waals surface area contributed by atoms with Crippen LogP contribution in [0, 0.1) is 12.7 Å². The molecule has 0 aliphatic carbocycles. The van der Waals surface area contributed by atoms with Gasteiger partial charge in [-0.1, -0.05) is 12.1 Å². The van der Waals surface area contributed by atoms with Crippen molar-refractivity contribution >= 4 is 5.91 Å². The Labute approximate surface area is 95.0 Å². The van der Waals surface area contributed by atoms with Gasteiger partial charge in [-0.15, -0.1) is 0 Å². The number of rotatable bonds is 5. The average Bonchev–Trinajstić information content (AvgIpc) is 2.28. The van der Waals surface area contributed by atoms with Crippen molar-refractivity contribution in [3.63, 3.8) is 0 Å². The van der Waals surface area contributed by atoms with Gasteiger partial charge in [-0.05, 0) is 24.1 Å². The highest BCUT2D eigenvalue weighted by Crippen LogP contribution is 2.08. The number of hydrogen-bond acceptors (Lipinski definition) is 2. The molecular weight excluding hydrogens is 207 g/mol. The van der Waals surface area contributed by atoms with Gasteiger partial charge in [0.1, 0.15) is 5.82 Å². The molecule has 1 amide bonds. The fourth-order valence-corrected chi connectivity index (χ4v) is 1.31. The predicted molar refractivity (Wildman–Crippen MR) is 61.5 cm³/mol. The van der Waals surface area contributed by atoms with Crippen molar-refractivity contribution in [2.75, 3.05) is 13.6 Å². The second-order valence-corrected chi connectivity index (χ2v) is 3.68. The SMILES string of the molecule is CNC(=O)CCNCc1ccc(C)c(F)c1. The molecule has 0 radical (unpaired) electrons. The predicted octanol–water partition coefficient (Wildman–Crippen LogP) is 1.36. The third kappa shape index (κ3) is 3.98. The van der Waals surface area contributed by atoms with E-state index in [0.29, 0.717) is 25.1 Å². The molecule has 1 aromatic carbocycles. The van der Waals surface area contributed by atoms with Gasteiger partial charge < -0.3 is 10.6 Å². The topological polar surface area (TPSA) is 41.1 Å². The zero-order chi connectivity index (χ0) is 12.0. The Morgan fingerprint density at radius 1 is 1.44 bits per heavy atom. The van der Waals surface area contributed by atoms with Crippen LogP contribution in [0.5, 0.6) is 0 Å². The normalized spacial score (nSPS) is 10.2. The van der Waals surface area contributed by atoms with Gasteiger partial charge in [0, 0.05) is 26.6 Å². The third-order valence-electron chi connectivity index (χ3n) is 2.37. The van der Waals surface area contributed by atoms with Crippen LogP contribution in [-0.4, -0.2) is 19.5 Å². The average molecular weight is 224 g/mol. The second-order valence-electron chi connectivity index (χ2n) is 3.68. The third-order valence-corrected chi connectivity index (χ3v) is 2.37. The molecule has 0 aliphatic heterocycles. The van der Waals surface area contributed by atoms with Crippen molar-refractivity contribution in [1.82, 2.24) is 10.6 Å². The first-order valence-electron chi connectivity index (χ1n) is 5.30. The summed E-state index contributed by atoms with van der Waals surface area (Å²) in [4.78, 5) is 10.9. The standard InChI is InChI=1S/C12H17FN2O/c1-9-3-4-10(7-11(9)13)8-15-6-5-12(16)14-2/h3-4,7,15H,5-6,8H2,1-2H3,(H,14,16). The summed E-state index contributed by atoms with van der Waals surface area (Å²) >= 11 is 0. The minimum Gasteiger partial charge on any atom is -0.359 e. The summed E-state index contributed by atoms with van der Waals surface area (Å²) in [5, 5.41) is 5.63. The Morgan fingerprint density at radius 3 is 2.81 bits per heavy atom. The maximum absolute atomic E-state index is 13.2. The molecule has 2 N–H and O–H groups in total. The van der Waals surface area contributed by atoms with Crippen LogP contribution in [0.1, 0.15) is 17.5 Å². The molecule has 16 heavy (non-hydrogen) atoms. The van der Waals surface area contributed by atoms with Crippen LogP contribution in [0.25, 0.3) is 0 Å². The zero-order valence-corrected chi connectivity index (χ0v) is 9.64. The minimum absolute atomic E-state index is 0.00240. The summed E-state index contributed by atoms with van der Waals surface area (Å²) in [6.45, 7) is 2.90. The number of hydrogen-bond donors (Lipinski definition) is 2. The maximum Gasteiger partial charge on any atom is 0.221 e. The summed E-state index contributed by atoms with van der Waals surface area (Å²) in [5.74, 6) is -0.187. The molecule has 1 rings (SSSR count). The highest BCUT2D eigenvalue weighted by molar-refractivity contribution is 5.75. The number of halogens is 1. The monoisotopic (exact) mass is 224 g/mol. The first kappa shape index (κ1) is 12.6. The zero-order valence-electron chi connectivity index (χ0n) is 9.64. The summed E-state index contributed by atoms with van der Waals surface area (Å²) < 4.78 is 13.2. The first-order valence-corrected chi connectivity index (χ1v) is 5.30. The molecule has 0 atom stereocenters. The molecule has 4 heteroatoms. The van der Waals surface area contributed by atoms with E-state index in [2.05, 4.69) is 10.6 Å². The molecule has 0 bridgehead atoms. The Kier molecular flexibility index (Phi) is 4.92. The van der Waals surface area contributed by atoms with E-state index in [1.54, 1.807) is 20.0 Å². The molecule has 1 aromatic rings. The lowest BCUT2D eigenvalue weighted by atomic mass is 10.1. The molecule has 3 nitrogen and oxygen atoms in total. The van der Waals surface area contributed by atoms with Gasteiger partial charge >= 0.3 is 0 Å². The molecule has 0 fully saturated rings. The van der Waals surface area contributed by atoms with E-state index >= 15 is 0 Å². The molecule has 0 heterocycles. The van der Waals surface area contributed by atoms with E-state index < -0.39 is 0 Å². The largest absolute Gasteiger partial charge is 0.359 e. The van der Waals surface area contributed by atoms with E-state index in [9.17, 15) is 9.18 Å². The van der Waals surface area contributed by atoms with Crippen molar-refractivity contribution < 1.29 is 9.18 Å². The molecule has 0 aliphatic rings. The van der Waals surface area contributed by atoms with Crippen LogP contribution in [-0.2, 0) is 11.3 Å². The highest BCUT2D eigenvalue weighted by Gasteiger charge is 2.00. The molecular formula is C12H17FN2O. The number of carbonyl (C=O) groups excluding carboxylic acids is 1. The Bertz CT molecular complexity index is 366. The summed E-state index contributed by atoms with van der Waals surface area (Å²) in [6, 6.07) is 5.15. The van der Waals surface area contributed by atoms with Gasteiger partial charge in [0.05, 0.1) is 0 Å². The quantitative estimate of drug-likeness (QED) is 0.741. The number of carbonyl (C=O) groups is 1. The van der Waals surface area contributed by atoms with Crippen LogP contribution in [0.2, 0.25) is 0 Å². The van der Waals surface area contributed by atoms with Gasteiger partial charge in [0.2, 0.25) is 5.91 Å². The van der Waals surface area contributed by atoms with Crippen molar-refractivity contribution in [1.29, 1.82) is 0 Å². The number of benzene rings is 1. The lowest BCUT2D eigenvalue weighted by Gasteiger charge is -2.05. The molecule has 0 unspecified atom stereocenters. The smallest absolute Gasteiger partial charge is 0.221 e. The number of amides is 1. The van der Waals surface area contributed by atoms with Crippen LogP contribution in [0.4, 0.5) is 4.39 Å². The van der Waals surface area contributed by atoms with E-state index in [1.807, 2.05) is 6.07 Å². The fourth-order valence-electron chi connectivity index (χ4n) is 1.31. The van der Waals surface area contributed by atoms with E-state index in [4.69, 9.17) is 0 Å². The molecule has 0 saturated heterocycles. The number of aryl methyl sites for hydroxylation is 1. The van der Waals surface area contributed by atoms with Crippen molar-refractivity contribution in [3.05, 3.63) is 35.1 Å². The van der Waals surface area contributed by atoms with Crippen LogP contribution < -0.4 is 10.6 Å². The highest BCUT2D eigenvalue weighted by atomic mass is 19.1. The Balaban J connectivity index is 2.32. The van der Waals surface area contributed by atoms with Gasteiger partial charge in [-0.2, -0.15) is 0 Å². The summed E-state index contributed by atoms with van der Waals surface area (Å²) in [5.41, 5.74) is 1.54. The second kappa shape index (κ2) is 6.23. The van der Waals surface area contributed by atoms with E-state index in [1.165, 1.54) is 6.07 Å². The van der Waals surface area contributed by atoms with Crippen molar-refractivity contribution in [2.24, 2.45) is 0 Å². The van der Waals surface area contributed by atoms with Gasteiger partial charge in [0.15, 0.2) is 0 Å². The van der Waals surface area contributed by atoms with Crippen molar-refractivity contribution in [3.8, 4) is 0 Å². The first-order chi connectivity index (χ1) is 7.63.